The lowest BCUT2D eigenvalue weighted by Crippen LogP contribution is -2.43. The number of methoxy groups -OCH3 is 1. The van der Waals surface area contributed by atoms with E-state index in [2.05, 4.69) is 53.0 Å². The summed E-state index contributed by atoms with van der Waals surface area (Å²) in [7, 11) is -0.473. The van der Waals surface area contributed by atoms with Crippen molar-refractivity contribution in [3.05, 3.63) is 71.5 Å². The van der Waals surface area contributed by atoms with E-state index in [9.17, 15) is 0 Å². The lowest BCUT2D eigenvalue weighted by atomic mass is 10.0. The minimum Gasteiger partial charge on any atom is -0.488 e. The number of hydrogen-bond donors (Lipinski definition) is 0. The van der Waals surface area contributed by atoms with Crippen molar-refractivity contribution in [2.75, 3.05) is 13.9 Å². The molecule has 0 atom stereocenters. The average molecular weight is 493 g/mol. The third-order valence-corrected chi connectivity index (χ3v) is 13.1. The monoisotopic (exact) mass is 492 g/mol. The molecule has 0 aliphatic heterocycles. The van der Waals surface area contributed by atoms with Gasteiger partial charge in [0, 0.05) is 18.6 Å². The first-order valence-electron chi connectivity index (χ1n) is 12.3. The maximum Gasteiger partial charge on any atom is 0.188 e. The first-order chi connectivity index (χ1) is 16.7. The molecule has 0 aliphatic rings. The molecule has 0 saturated heterocycles. The molecule has 3 aromatic carbocycles. The second-order valence-corrected chi connectivity index (χ2v) is 15.5. The third-order valence-electron chi connectivity index (χ3n) is 6.85. The summed E-state index contributed by atoms with van der Waals surface area (Å²) in [5.41, 5.74) is 6.45. The summed E-state index contributed by atoms with van der Waals surface area (Å²) >= 11 is 0. The van der Waals surface area contributed by atoms with Gasteiger partial charge in [0.2, 0.25) is 0 Å². The predicted octanol–water partition coefficient (Wildman–Crippen LogP) is 8.11. The van der Waals surface area contributed by atoms with Crippen LogP contribution in [0.3, 0.4) is 0 Å². The molecule has 3 aromatic rings. The zero-order chi connectivity index (χ0) is 25.6. The van der Waals surface area contributed by atoms with E-state index in [-0.39, 0.29) is 12.6 Å². The number of halogens is 1. The molecule has 3 rings (SSSR count). The van der Waals surface area contributed by atoms with E-state index in [0.717, 1.165) is 10.9 Å². The van der Waals surface area contributed by atoms with Gasteiger partial charge in [0.1, 0.15) is 32.0 Å². The SMILES string of the molecule is COCOc1cc(OCc2ccccc2)c2c(C#C[Si](C(C)C)(C(C)C)C(C)C)c(F)ccc2c1. The maximum absolute atomic E-state index is 15.4. The molecule has 0 heterocycles. The van der Waals surface area contributed by atoms with Gasteiger partial charge in [-0.05, 0) is 39.7 Å². The second-order valence-electron chi connectivity index (χ2n) is 9.91. The summed E-state index contributed by atoms with van der Waals surface area (Å²) in [5.74, 6) is 4.15. The van der Waals surface area contributed by atoms with E-state index >= 15 is 4.39 Å². The van der Waals surface area contributed by atoms with Crippen LogP contribution in [0.4, 0.5) is 4.39 Å². The topological polar surface area (TPSA) is 27.7 Å². The van der Waals surface area contributed by atoms with Crippen LogP contribution in [0.1, 0.15) is 52.7 Å². The number of ether oxygens (including phenoxy) is 3. The van der Waals surface area contributed by atoms with Crippen LogP contribution < -0.4 is 9.47 Å². The fourth-order valence-electron chi connectivity index (χ4n) is 5.16. The molecule has 5 heteroatoms. The molecule has 0 spiro atoms. The van der Waals surface area contributed by atoms with Gasteiger partial charge < -0.3 is 14.2 Å². The van der Waals surface area contributed by atoms with Crippen LogP contribution in [0.2, 0.25) is 16.6 Å². The van der Waals surface area contributed by atoms with Gasteiger partial charge in [-0.1, -0.05) is 83.9 Å². The Hall–Kier alpha value is -2.81. The first kappa shape index (κ1) is 26.8. The first-order valence-corrected chi connectivity index (χ1v) is 14.5. The largest absolute Gasteiger partial charge is 0.488 e. The number of fused-ring (bicyclic) bond motifs is 1. The minimum atomic E-state index is -2.05. The second kappa shape index (κ2) is 11.7. The number of benzene rings is 3. The van der Waals surface area contributed by atoms with E-state index in [1.807, 2.05) is 36.4 Å². The molecule has 0 aliphatic carbocycles. The Morgan fingerprint density at radius 1 is 0.857 bits per heavy atom. The van der Waals surface area contributed by atoms with Crippen molar-refractivity contribution >= 4 is 18.8 Å². The fourth-order valence-corrected chi connectivity index (χ4v) is 10.4. The average Bonchev–Trinajstić information content (AvgIpc) is 2.82. The molecule has 186 valence electrons. The smallest absolute Gasteiger partial charge is 0.188 e. The van der Waals surface area contributed by atoms with Gasteiger partial charge in [-0.3, -0.25) is 0 Å². The van der Waals surface area contributed by atoms with Crippen LogP contribution in [0.5, 0.6) is 11.5 Å². The summed E-state index contributed by atoms with van der Waals surface area (Å²) < 4.78 is 32.4. The number of hydrogen-bond acceptors (Lipinski definition) is 3. The van der Waals surface area contributed by atoms with E-state index in [4.69, 9.17) is 14.2 Å². The van der Waals surface area contributed by atoms with Crippen molar-refractivity contribution in [1.82, 2.24) is 0 Å². The highest BCUT2D eigenvalue weighted by molar-refractivity contribution is 6.90. The lowest BCUT2D eigenvalue weighted by Gasteiger charge is -2.38. The van der Waals surface area contributed by atoms with Gasteiger partial charge >= 0.3 is 0 Å². The molecule has 0 radical (unpaired) electrons. The van der Waals surface area contributed by atoms with Crippen LogP contribution in [0, 0.1) is 17.3 Å². The molecular weight excluding hydrogens is 455 g/mol. The molecular formula is C30H37FO3Si. The normalized spacial score (nSPS) is 11.7. The molecule has 0 N–H and O–H groups in total. The van der Waals surface area contributed by atoms with Crippen LogP contribution in [0.15, 0.2) is 54.6 Å². The minimum absolute atomic E-state index is 0.114. The Balaban J connectivity index is 2.20. The maximum atomic E-state index is 15.4. The Kier molecular flexibility index (Phi) is 8.99. The quantitative estimate of drug-likeness (QED) is 0.171. The van der Waals surface area contributed by atoms with Gasteiger partial charge in [-0.15, -0.1) is 5.54 Å². The van der Waals surface area contributed by atoms with Crippen molar-refractivity contribution in [3.63, 3.8) is 0 Å². The van der Waals surface area contributed by atoms with E-state index < -0.39 is 8.07 Å². The zero-order valence-corrected chi connectivity index (χ0v) is 22.9. The highest BCUT2D eigenvalue weighted by Gasteiger charge is 2.41. The van der Waals surface area contributed by atoms with Gasteiger partial charge in [0.15, 0.2) is 6.79 Å². The molecule has 0 aromatic heterocycles. The summed E-state index contributed by atoms with van der Waals surface area (Å²) in [6.07, 6.45) is 0. The van der Waals surface area contributed by atoms with Crippen molar-refractivity contribution in [2.45, 2.75) is 64.8 Å². The van der Waals surface area contributed by atoms with E-state index in [1.54, 1.807) is 19.2 Å². The summed E-state index contributed by atoms with van der Waals surface area (Å²) in [6, 6.07) is 16.8. The van der Waals surface area contributed by atoms with Gasteiger partial charge in [0.25, 0.3) is 0 Å². The van der Waals surface area contributed by atoms with Crippen LogP contribution >= 0.6 is 0 Å². The fraction of sp³-hybridized carbons (Fsp3) is 0.400. The standard InChI is InChI=1S/C30H37FO3Si/c1-21(2)35(22(3)4,23(5)6)16-15-27-28(31)14-13-25-17-26(34-20-32-7)18-29(30(25)27)33-19-24-11-9-8-10-12-24/h8-14,17-18,21-23H,19-20H2,1-7H3. The van der Waals surface area contributed by atoms with Crippen LogP contribution in [-0.2, 0) is 11.3 Å². The van der Waals surface area contributed by atoms with Gasteiger partial charge in [-0.2, -0.15) is 0 Å². The highest BCUT2D eigenvalue weighted by atomic mass is 28.3. The van der Waals surface area contributed by atoms with Gasteiger partial charge in [0.05, 0.1) is 5.56 Å². The van der Waals surface area contributed by atoms with Crippen molar-refractivity contribution in [1.29, 1.82) is 0 Å². The van der Waals surface area contributed by atoms with E-state index in [1.165, 1.54) is 6.07 Å². The van der Waals surface area contributed by atoms with Crippen molar-refractivity contribution in [2.24, 2.45) is 0 Å². The Labute approximate surface area is 210 Å². The molecule has 0 amide bonds. The summed E-state index contributed by atoms with van der Waals surface area (Å²) in [5, 5.41) is 1.50. The van der Waals surface area contributed by atoms with Crippen molar-refractivity contribution < 1.29 is 18.6 Å². The van der Waals surface area contributed by atoms with Crippen molar-refractivity contribution in [3.8, 4) is 23.0 Å². The molecule has 0 bridgehead atoms. The Morgan fingerprint density at radius 2 is 1.51 bits per heavy atom. The predicted molar refractivity (Wildman–Crippen MR) is 145 cm³/mol. The zero-order valence-electron chi connectivity index (χ0n) is 21.9. The van der Waals surface area contributed by atoms with Crippen LogP contribution in [0.25, 0.3) is 10.8 Å². The lowest BCUT2D eigenvalue weighted by molar-refractivity contribution is 0.0510. The van der Waals surface area contributed by atoms with Gasteiger partial charge in [-0.25, -0.2) is 4.39 Å². The number of rotatable bonds is 9. The van der Waals surface area contributed by atoms with Crippen LogP contribution in [-0.4, -0.2) is 22.0 Å². The summed E-state index contributed by atoms with van der Waals surface area (Å²) in [6.45, 7) is 14.0. The third kappa shape index (κ3) is 5.89. The molecule has 0 saturated carbocycles. The highest BCUT2D eigenvalue weighted by Crippen LogP contribution is 2.41. The Morgan fingerprint density at radius 3 is 2.11 bits per heavy atom. The Bertz CT molecular complexity index is 1170. The summed E-state index contributed by atoms with van der Waals surface area (Å²) in [4.78, 5) is 0. The molecule has 3 nitrogen and oxygen atoms in total. The van der Waals surface area contributed by atoms with E-state index in [0.29, 0.717) is 45.7 Å². The molecule has 0 unspecified atom stereocenters. The molecule has 0 fully saturated rings. The molecule has 35 heavy (non-hydrogen) atoms.